The summed E-state index contributed by atoms with van der Waals surface area (Å²) in [6.45, 7) is 3.69. The Hall–Kier alpha value is -3.41. The van der Waals surface area contributed by atoms with Crippen molar-refractivity contribution in [2.75, 3.05) is 7.11 Å². The van der Waals surface area contributed by atoms with Crippen LogP contribution in [0.4, 0.5) is 4.39 Å². The van der Waals surface area contributed by atoms with Crippen molar-refractivity contribution >= 4 is 11.9 Å². The average molecular weight is 410 g/mol. The number of allylic oxidation sites excluding steroid dienone is 2. The second-order valence-corrected chi connectivity index (χ2v) is 7.02. The third-order valence-electron chi connectivity index (χ3n) is 4.73. The molecule has 2 aromatic carbocycles. The standard InChI is InChI=1S/C24H27FN2O3/c1-16(15-26)14-21(7-4-18-5-12-22(25)13-6-18)23(28)27-17(2)19-8-10-20(11-9-19)24(29)30-3/h5-6,8-15,17H,4,7,26H2,1-3H3,(H,27,28)/b16-15-,21-14+. The lowest BCUT2D eigenvalue weighted by atomic mass is 10.0. The Bertz CT molecular complexity index is 932. The van der Waals surface area contributed by atoms with Crippen LogP contribution in [-0.4, -0.2) is 19.0 Å². The predicted molar refractivity (Wildman–Crippen MR) is 115 cm³/mol. The molecular weight excluding hydrogens is 383 g/mol. The van der Waals surface area contributed by atoms with Gasteiger partial charge in [0.25, 0.3) is 0 Å². The Kier molecular flexibility index (Phi) is 8.35. The zero-order valence-corrected chi connectivity index (χ0v) is 17.4. The second-order valence-electron chi connectivity index (χ2n) is 7.02. The van der Waals surface area contributed by atoms with Crippen LogP contribution in [0.1, 0.15) is 47.8 Å². The van der Waals surface area contributed by atoms with E-state index in [2.05, 4.69) is 5.32 Å². The van der Waals surface area contributed by atoms with Crippen molar-refractivity contribution in [3.8, 4) is 0 Å². The highest BCUT2D eigenvalue weighted by molar-refractivity contribution is 5.94. The van der Waals surface area contributed by atoms with E-state index < -0.39 is 5.97 Å². The smallest absolute Gasteiger partial charge is 0.337 e. The first-order valence-electron chi connectivity index (χ1n) is 9.66. The van der Waals surface area contributed by atoms with Crippen LogP contribution >= 0.6 is 0 Å². The van der Waals surface area contributed by atoms with Crippen molar-refractivity contribution in [3.05, 3.63) is 94.5 Å². The molecule has 0 spiro atoms. The van der Waals surface area contributed by atoms with Crippen LogP contribution in [0.25, 0.3) is 0 Å². The van der Waals surface area contributed by atoms with Gasteiger partial charge in [-0.15, -0.1) is 0 Å². The van der Waals surface area contributed by atoms with Gasteiger partial charge in [0.1, 0.15) is 5.82 Å². The highest BCUT2D eigenvalue weighted by atomic mass is 19.1. The molecule has 0 aliphatic carbocycles. The lowest BCUT2D eigenvalue weighted by molar-refractivity contribution is -0.118. The lowest BCUT2D eigenvalue weighted by Gasteiger charge is -2.17. The second kappa shape index (κ2) is 11.0. The highest BCUT2D eigenvalue weighted by Crippen LogP contribution is 2.17. The molecular formula is C24H27FN2O3. The van der Waals surface area contributed by atoms with Crippen LogP contribution < -0.4 is 11.1 Å². The van der Waals surface area contributed by atoms with E-state index in [1.807, 2.05) is 13.8 Å². The number of carbonyl (C=O) groups is 2. The van der Waals surface area contributed by atoms with Gasteiger partial charge in [0.2, 0.25) is 5.91 Å². The molecule has 6 heteroatoms. The average Bonchev–Trinajstić information content (AvgIpc) is 2.76. The Labute approximate surface area is 176 Å². The van der Waals surface area contributed by atoms with Crippen LogP contribution in [0.15, 0.2) is 72.0 Å². The van der Waals surface area contributed by atoms with E-state index in [-0.39, 0.29) is 17.8 Å². The SMILES string of the molecule is COC(=O)c1ccc(C(C)NC(=O)/C(=C/C(C)=C\N)CCc2ccc(F)cc2)cc1. The summed E-state index contributed by atoms with van der Waals surface area (Å²) in [5.41, 5.74) is 9.17. The number of nitrogens with two attached hydrogens (primary N) is 1. The first kappa shape index (κ1) is 22.9. The van der Waals surface area contributed by atoms with Gasteiger partial charge in [-0.2, -0.15) is 0 Å². The summed E-state index contributed by atoms with van der Waals surface area (Å²) in [6.07, 6.45) is 4.28. The fraction of sp³-hybridized carbons (Fsp3) is 0.250. The van der Waals surface area contributed by atoms with Crippen molar-refractivity contribution in [1.82, 2.24) is 5.32 Å². The molecule has 5 nitrogen and oxygen atoms in total. The van der Waals surface area contributed by atoms with E-state index in [9.17, 15) is 14.0 Å². The van der Waals surface area contributed by atoms with Gasteiger partial charge in [-0.05, 0) is 79.9 Å². The molecule has 2 rings (SSSR count). The third kappa shape index (κ3) is 6.58. The summed E-state index contributed by atoms with van der Waals surface area (Å²) in [5, 5.41) is 2.98. The molecule has 1 amide bonds. The molecule has 3 N–H and O–H groups in total. The largest absolute Gasteiger partial charge is 0.465 e. The number of hydrogen-bond donors (Lipinski definition) is 2. The van der Waals surface area contributed by atoms with Crippen LogP contribution in [0.5, 0.6) is 0 Å². The summed E-state index contributed by atoms with van der Waals surface area (Å²) < 4.78 is 17.8. The van der Waals surface area contributed by atoms with Gasteiger partial charge in [-0.1, -0.05) is 24.3 Å². The first-order valence-corrected chi connectivity index (χ1v) is 9.66. The fourth-order valence-electron chi connectivity index (χ4n) is 2.90. The number of aryl methyl sites for hydroxylation is 1. The summed E-state index contributed by atoms with van der Waals surface area (Å²) in [4.78, 5) is 24.5. The van der Waals surface area contributed by atoms with Gasteiger partial charge < -0.3 is 15.8 Å². The fourth-order valence-corrected chi connectivity index (χ4v) is 2.90. The Morgan fingerprint density at radius 1 is 1.13 bits per heavy atom. The molecule has 1 unspecified atom stereocenters. The minimum absolute atomic E-state index is 0.206. The third-order valence-corrected chi connectivity index (χ3v) is 4.73. The van der Waals surface area contributed by atoms with Crippen LogP contribution in [0.2, 0.25) is 0 Å². The molecule has 30 heavy (non-hydrogen) atoms. The molecule has 0 aliphatic heterocycles. The van der Waals surface area contributed by atoms with Crippen LogP contribution in [0.3, 0.4) is 0 Å². The topological polar surface area (TPSA) is 81.4 Å². The molecule has 0 saturated carbocycles. The zero-order valence-electron chi connectivity index (χ0n) is 17.4. The molecule has 0 aliphatic rings. The molecule has 2 aromatic rings. The summed E-state index contributed by atoms with van der Waals surface area (Å²) >= 11 is 0. The number of halogens is 1. The van der Waals surface area contributed by atoms with Gasteiger partial charge in [-0.3, -0.25) is 4.79 Å². The summed E-state index contributed by atoms with van der Waals surface area (Å²) in [6, 6.07) is 12.9. The Morgan fingerprint density at radius 2 is 1.77 bits per heavy atom. The molecule has 0 bridgehead atoms. The monoisotopic (exact) mass is 410 g/mol. The number of nitrogens with one attached hydrogen (secondary N) is 1. The minimum Gasteiger partial charge on any atom is -0.465 e. The predicted octanol–water partition coefficient (Wildman–Crippen LogP) is 4.21. The van der Waals surface area contributed by atoms with Crippen LogP contribution in [-0.2, 0) is 16.0 Å². The molecule has 1 atom stereocenters. The maximum Gasteiger partial charge on any atom is 0.337 e. The van der Waals surface area contributed by atoms with E-state index in [0.717, 1.165) is 16.7 Å². The highest BCUT2D eigenvalue weighted by Gasteiger charge is 2.15. The van der Waals surface area contributed by atoms with Gasteiger partial charge in [0, 0.05) is 5.57 Å². The maximum absolute atomic E-state index is 13.1. The Morgan fingerprint density at radius 3 is 2.33 bits per heavy atom. The van der Waals surface area contributed by atoms with Crippen molar-refractivity contribution < 1.29 is 18.7 Å². The maximum atomic E-state index is 13.1. The molecule has 0 aromatic heterocycles. The van der Waals surface area contributed by atoms with Gasteiger partial charge in [0.05, 0.1) is 18.7 Å². The van der Waals surface area contributed by atoms with E-state index in [1.165, 1.54) is 25.4 Å². The molecule has 0 fully saturated rings. The number of rotatable bonds is 8. The van der Waals surface area contributed by atoms with Crippen molar-refractivity contribution in [1.29, 1.82) is 0 Å². The minimum atomic E-state index is -0.409. The first-order chi connectivity index (χ1) is 14.3. The van der Waals surface area contributed by atoms with Crippen molar-refractivity contribution in [3.63, 3.8) is 0 Å². The van der Waals surface area contributed by atoms with E-state index in [0.29, 0.717) is 24.0 Å². The van der Waals surface area contributed by atoms with E-state index in [1.54, 1.807) is 42.5 Å². The molecule has 0 saturated heterocycles. The zero-order chi connectivity index (χ0) is 22.1. The van der Waals surface area contributed by atoms with Crippen molar-refractivity contribution in [2.24, 2.45) is 5.73 Å². The number of ether oxygens (including phenoxy) is 1. The molecule has 158 valence electrons. The number of carbonyl (C=O) groups excluding carboxylic acids is 2. The number of amides is 1. The van der Waals surface area contributed by atoms with E-state index >= 15 is 0 Å². The van der Waals surface area contributed by atoms with Crippen molar-refractivity contribution in [2.45, 2.75) is 32.7 Å². The van der Waals surface area contributed by atoms with Gasteiger partial charge in [0.15, 0.2) is 0 Å². The number of hydrogen-bond acceptors (Lipinski definition) is 4. The summed E-state index contributed by atoms with van der Waals surface area (Å²) in [5.74, 6) is -0.905. The summed E-state index contributed by atoms with van der Waals surface area (Å²) in [7, 11) is 1.33. The number of methoxy groups -OCH3 is 1. The normalized spacial score (nSPS) is 12.9. The lowest BCUT2D eigenvalue weighted by Crippen LogP contribution is -2.28. The van der Waals surface area contributed by atoms with Crippen LogP contribution in [0, 0.1) is 5.82 Å². The quantitative estimate of drug-likeness (QED) is 0.388. The number of esters is 1. The van der Waals surface area contributed by atoms with Gasteiger partial charge >= 0.3 is 5.97 Å². The van der Waals surface area contributed by atoms with E-state index in [4.69, 9.17) is 10.5 Å². The number of benzene rings is 2. The molecule has 0 radical (unpaired) electrons. The molecule has 0 heterocycles. The Balaban J connectivity index is 2.10. The van der Waals surface area contributed by atoms with Gasteiger partial charge in [-0.25, -0.2) is 9.18 Å².